The van der Waals surface area contributed by atoms with Gasteiger partial charge in [-0.05, 0) is 42.8 Å². The molecule has 3 heterocycles. The van der Waals surface area contributed by atoms with Gasteiger partial charge in [0.25, 0.3) is 0 Å². The third kappa shape index (κ3) is 5.83. The van der Waals surface area contributed by atoms with E-state index >= 15 is 0 Å². The zero-order valence-electron chi connectivity index (χ0n) is 20.9. The van der Waals surface area contributed by atoms with E-state index in [4.69, 9.17) is 46.4 Å². The maximum atomic E-state index is 9.87. The molecule has 0 bridgehead atoms. The van der Waals surface area contributed by atoms with Crippen LogP contribution in [0.2, 0.25) is 20.2 Å². The lowest BCUT2D eigenvalue weighted by Gasteiger charge is -2.23. The SMILES string of the molecule is Cc1ccc(Nc2c(C#N)cnc3c(Cl)cc(N[C@H](C4=CN(CCO)NN4)c4cnc(Cl)cc4Cl)cc23)cc1Cl. The molecule has 0 aliphatic carbocycles. The fourth-order valence-corrected chi connectivity index (χ4v) is 5.16. The average Bonchev–Trinajstić information content (AvgIpc) is 3.39. The molecule has 1 aliphatic rings. The van der Waals surface area contributed by atoms with E-state index in [-0.39, 0.29) is 11.8 Å². The first kappa shape index (κ1) is 28.1. The van der Waals surface area contributed by atoms with Gasteiger partial charge in [0.2, 0.25) is 0 Å². The molecule has 1 atom stereocenters. The summed E-state index contributed by atoms with van der Waals surface area (Å²) in [5.41, 5.74) is 11.1. The van der Waals surface area contributed by atoms with Gasteiger partial charge < -0.3 is 21.2 Å². The number of hydrogen-bond donors (Lipinski definition) is 5. The first-order chi connectivity index (χ1) is 19.3. The number of nitriles is 1. The first-order valence-corrected chi connectivity index (χ1v) is 13.5. The van der Waals surface area contributed by atoms with Gasteiger partial charge in [0.15, 0.2) is 0 Å². The highest BCUT2D eigenvalue weighted by Crippen LogP contribution is 2.38. The molecule has 204 valence electrons. The van der Waals surface area contributed by atoms with Crippen molar-refractivity contribution in [3.8, 4) is 6.07 Å². The van der Waals surface area contributed by atoms with Crippen molar-refractivity contribution in [3.63, 3.8) is 0 Å². The number of aliphatic hydroxyl groups excluding tert-OH is 1. The van der Waals surface area contributed by atoms with E-state index in [2.05, 4.69) is 37.6 Å². The monoisotopic (exact) mass is 614 g/mol. The Morgan fingerprint density at radius 2 is 1.82 bits per heavy atom. The minimum Gasteiger partial charge on any atom is -0.394 e. The molecule has 2 aromatic heterocycles. The molecule has 40 heavy (non-hydrogen) atoms. The van der Waals surface area contributed by atoms with E-state index in [9.17, 15) is 10.4 Å². The van der Waals surface area contributed by atoms with Crippen LogP contribution >= 0.6 is 46.4 Å². The predicted molar refractivity (Wildman–Crippen MR) is 160 cm³/mol. The molecule has 0 amide bonds. The summed E-state index contributed by atoms with van der Waals surface area (Å²) in [6.07, 6.45) is 4.88. The Labute approximate surface area is 250 Å². The summed E-state index contributed by atoms with van der Waals surface area (Å²) < 4.78 is 0. The molecule has 2 aromatic carbocycles. The van der Waals surface area contributed by atoms with Crippen LogP contribution in [-0.4, -0.2) is 33.2 Å². The number of rotatable bonds is 8. The van der Waals surface area contributed by atoms with Gasteiger partial charge in [0.1, 0.15) is 11.2 Å². The number of nitrogens with zero attached hydrogens (tertiary/aromatic N) is 4. The summed E-state index contributed by atoms with van der Waals surface area (Å²) in [5.74, 6) is 0. The molecule has 13 heteroatoms. The van der Waals surface area contributed by atoms with Gasteiger partial charge >= 0.3 is 0 Å². The van der Waals surface area contributed by atoms with Crippen molar-refractivity contribution in [1.29, 1.82) is 5.26 Å². The van der Waals surface area contributed by atoms with Gasteiger partial charge in [-0.1, -0.05) is 52.5 Å². The van der Waals surface area contributed by atoms with Crippen LogP contribution in [0.15, 0.2) is 60.7 Å². The molecule has 4 aromatic rings. The number of aliphatic hydroxyl groups is 1. The number of benzene rings is 2. The second-order valence-electron chi connectivity index (χ2n) is 8.95. The lowest BCUT2D eigenvalue weighted by molar-refractivity contribution is 0.195. The maximum Gasteiger partial charge on any atom is 0.130 e. The predicted octanol–water partition coefficient (Wildman–Crippen LogP) is 6.48. The van der Waals surface area contributed by atoms with E-state index in [0.29, 0.717) is 66.4 Å². The van der Waals surface area contributed by atoms with E-state index in [1.807, 2.05) is 31.3 Å². The number of pyridine rings is 2. The number of anilines is 3. The highest BCUT2D eigenvalue weighted by atomic mass is 35.5. The van der Waals surface area contributed by atoms with Crippen molar-refractivity contribution in [2.24, 2.45) is 0 Å². The lowest BCUT2D eigenvalue weighted by Crippen LogP contribution is -2.38. The molecule has 9 nitrogen and oxygen atoms in total. The topological polar surface area (TPSA) is 121 Å². The maximum absolute atomic E-state index is 9.87. The quantitative estimate of drug-likeness (QED) is 0.142. The van der Waals surface area contributed by atoms with Gasteiger partial charge in [0, 0.05) is 45.9 Å². The van der Waals surface area contributed by atoms with Crippen LogP contribution in [0.4, 0.5) is 17.1 Å². The minimum atomic E-state index is -0.526. The smallest absolute Gasteiger partial charge is 0.130 e. The summed E-state index contributed by atoms with van der Waals surface area (Å²) in [4.78, 5) is 8.65. The summed E-state index contributed by atoms with van der Waals surface area (Å²) >= 11 is 25.7. The second-order valence-corrected chi connectivity index (χ2v) is 10.6. The lowest BCUT2D eigenvalue weighted by atomic mass is 10.0. The Bertz CT molecular complexity index is 1670. The van der Waals surface area contributed by atoms with Crippen LogP contribution in [0.25, 0.3) is 10.9 Å². The fourth-order valence-electron chi connectivity index (χ4n) is 4.24. The molecule has 1 aliphatic heterocycles. The summed E-state index contributed by atoms with van der Waals surface area (Å²) in [7, 11) is 0. The van der Waals surface area contributed by atoms with Gasteiger partial charge in [-0.3, -0.25) is 9.99 Å². The normalized spacial score (nSPS) is 13.5. The van der Waals surface area contributed by atoms with Gasteiger partial charge in [-0.2, -0.15) is 5.26 Å². The van der Waals surface area contributed by atoms with Gasteiger partial charge in [-0.25, -0.2) is 4.98 Å². The van der Waals surface area contributed by atoms with Crippen molar-refractivity contribution in [2.75, 3.05) is 23.8 Å². The van der Waals surface area contributed by atoms with Crippen molar-refractivity contribution in [3.05, 3.63) is 97.6 Å². The zero-order valence-corrected chi connectivity index (χ0v) is 24.0. The largest absolute Gasteiger partial charge is 0.394 e. The number of nitrogens with one attached hydrogen (secondary N) is 4. The van der Waals surface area contributed by atoms with E-state index in [1.54, 1.807) is 29.4 Å². The number of hydrogen-bond acceptors (Lipinski definition) is 9. The Hall–Kier alpha value is -3.49. The molecule has 0 saturated heterocycles. The number of aryl methyl sites for hydroxylation is 1. The highest BCUT2D eigenvalue weighted by molar-refractivity contribution is 6.36. The molecule has 0 saturated carbocycles. The van der Waals surface area contributed by atoms with Gasteiger partial charge in [-0.15, -0.1) is 5.53 Å². The second kappa shape index (κ2) is 11.9. The van der Waals surface area contributed by atoms with Gasteiger partial charge in [0.05, 0.1) is 51.7 Å². The van der Waals surface area contributed by atoms with Crippen molar-refractivity contribution < 1.29 is 5.11 Å². The third-order valence-corrected chi connectivity index (χ3v) is 7.48. The highest BCUT2D eigenvalue weighted by Gasteiger charge is 2.25. The molecule has 0 radical (unpaired) electrons. The Morgan fingerprint density at radius 3 is 2.55 bits per heavy atom. The number of halogens is 4. The Balaban J connectivity index is 1.60. The third-order valence-electron chi connectivity index (χ3n) is 6.25. The van der Waals surface area contributed by atoms with Crippen LogP contribution < -0.4 is 21.6 Å². The van der Waals surface area contributed by atoms with Crippen LogP contribution in [0.5, 0.6) is 0 Å². The molecular weight excluding hydrogens is 594 g/mol. The van der Waals surface area contributed by atoms with Crippen molar-refractivity contribution in [2.45, 2.75) is 13.0 Å². The van der Waals surface area contributed by atoms with Crippen molar-refractivity contribution >= 4 is 74.4 Å². The summed E-state index contributed by atoms with van der Waals surface area (Å²) in [5, 5.41) is 30.0. The van der Waals surface area contributed by atoms with Crippen LogP contribution in [0.1, 0.15) is 22.7 Å². The zero-order chi connectivity index (χ0) is 28.4. The van der Waals surface area contributed by atoms with Crippen LogP contribution in [-0.2, 0) is 0 Å². The van der Waals surface area contributed by atoms with Crippen molar-refractivity contribution in [1.82, 2.24) is 25.9 Å². The van der Waals surface area contributed by atoms with E-state index < -0.39 is 6.04 Å². The van der Waals surface area contributed by atoms with E-state index in [1.165, 1.54) is 6.20 Å². The molecule has 0 fully saturated rings. The summed E-state index contributed by atoms with van der Waals surface area (Å²) in [6, 6.07) is 12.4. The number of β-amino-alcohol motifs (C(OH)–C–C–N with tert-alkyl or cyclic N) is 1. The van der Waals surface area contributed by atoms with Crippen LogP contribution in [0, 0.1) is 18.3 Å². The molecular formula is C27H22Cl4N8O. The number of hydrazine groups is 2. The first-order valence-electron chi connectivity index (χ1n) is 12.0. The Kier molecular flexibility index (Phi) is 8.38. The molecule has 0 spiro atoms. The Morgan fingerprint density at radius 1 is 1.02 bits per heavy atom. The minimum absolute atomic E-state index is 0.0453. The summed E-state index contributed by atoms with van der Waals surface area (Å²) in [6.45, 7) is 2.23. The standard InChI is InChI=1S/C27H22Cl4N8O/c1-14-2-3-16(7-20(14)28)35-25-15(10-32)11-34-26-18(25)6-17(8-22(26)30)36-27(19-12-33-24(31)9-21(19)29)23-13-39(4-5-40)38-37-23/h2-3,6-9,11-13,27,36-38,40H,4-5H2,1H3,(H,34,35)/t27-/m0/s1. The molecule has 5 N–H and O–H groups in total. The van der Waals surface area contributed by atoms with Crippen LogP contribution in [0.3, 0.4) is 0 Å². The number of fused-ring (bicyclic) bond motifs is 1. The molecule has 5 rings (SSSR count). The molecule has 0 unspecified atom stereocenters. The fraction of sp³-hybridized carbons (Fsp3) is 0.148. The number of aromatic nitrogens is 2. The van der Waals surface area contributed by atoms with E-state index in [0.717, 1.165) is 5.56 Å². The average molecular weight is 616 g/mol.